The van der Waals surface area contributed by atoms with Crippen molar-refractivity contribution in [3.8, 4) is 0 Å². The molecule has 6 nitrogen and oxygen atoms in total. The maximum atomic E-state index is 12.9. The third-order valence-corrected chi connectivity index (χ3v) is 14.9. The van der Waals surface area contributed by atoms with E-state index in [4.69, 9.17) is 14.2 Å². The predicted molar refractivity (Wildman–Crippen MR) is 303 cm³/mol. The molecule has 0 rings (SSSR count). The average molecular weight is 990 g/mol. The smallest absolute Gasteiger partial charge is 0.306 e. The molecule has 0 aliphatic heterocycles. The molecular formula is C64H124O6. The molecule has 0 aromatic heterocycles. The number of esters is 3. The Morgan fingerprint density at radius 1 is 0.229 bits per heavy atom. The van der Waals surface area contributed by atoms with E-state index in [2.05, 4.69) is 20.8 Å². The summed E-state index contributed by atoms with van der Waals surface area (Å²) < 4.78 is 16.9. The van der Waals surface area contributed by atoms with Crippen molar-refractivity contribution in [2.75, 3.05) is 13.2 Å². The third kappa shape index (κ3) is 57.3. The molecule has 6 heteroatoms. The second-order valence-electron chi connectivity index (χ2n) is 22.1. The van der Waals surface area contributed by atoms with Gasteiger partial charge in [-0.1, -0.05) is 335 Å². The van der Waals surface area contributed by atoms with Crippen LogP contribution in [0.2, 0.25) is 0 Å². The molecule has 0 aromatic rings. The Morgan fingerprint density at radius 3 is 0.571 bits per heavy atom. The molecule has 1 unspecified atom stereocenters. The number of carbonyl (C=O) groups excluding carboxylic acids is 3. The van der Waals surface area contributed by atoms with Crippen molar-refractivity contribution in [1.82, 2.24) is 0 Å². The van der Waals surface area contributed by atoms with Gasteiger partial charge in [0.05, 0.1) is 0 Å². The van der Waals surface area contributed by atoms with Gasteiger partial charge in [0, 0.05) is 19.3 Å². The van der Waals surface area contributed by atoms with E-state index in [9.17, 15) is 14.4 Å². The third-order valence-electron chi connectivity index (χ3n) is 14.9. The van der Waals surface area contributed by atoms with Gasteiger partial charge in [0.25, 0.3) is 0 Å². The first-order valence-corrected chi connectivity index (χ1v) is 32.0. The molecule has 0 N–H and O–H groups in total. The number of hydrogen-bond donors (Lipinski definition) is 0. The number of carbonyl (C=O) groups is 3. The maximum Gasteiger partial charge on any atom is 0.306 e. The number of hydrogen-bond acceptors (Lipinski definition) is 6. The normalized spacial score (nSPS) is 11.9. The fourth-order valence-electron chi connectivity index (χ4n) is 10.0. The monoisotopic (exact) mass is 989 g/mol. The summed E-state index contributed by atoms with van der Waals surface area (Å²) in [4.78, 5) is 38.2. The van der Waals surface area contributed by atoms with Crippen molar-refractivity contribution in [2.24, 2.45) is 0 Å². The van der Waals surface area contributed by atoms with E-state index in [1.165, 1.54) is 276 Å². The standard InChI is InChI=1S/C64H124O6/c1-4-7-10-13-16-19-22-24-26-27-28-29-30-31-32-33-34-35-36-38-39-42-45-48-51-54-57-63(66)69-60-61(59-68-62(65)56-53-50-47-44-41-21-18-15-12-9-6-3)70-64(67)58-55-52-49-46-43-40-37-25-23-20-17-14-11-8-5-2/h61H,4-60H2,1-3H3. The Kier molecular flexibility index (Phi) is 58.6. The van der Waals surface area contributed by atoms with Crippen molar-refractivity contribution < 1.29 is 28.6 Å². The molecule has 0 saturated carbocycles. The van der Waals surface area contributed by atoms with Crippen LogP contribution < -0.4 is 0 Å². The van der Waals surface area contributed by atoms with Crippen molar-refractivity contribution >= 4 is 17.9 Å². The second-order valence-corrected chi connectivity index (χ2v) is 22.1. The van der Waals surface area contributed by atoms with Crippen molar-refractivity contribution in [1.29, 1.82) is 0 Å². The topological polar surface area (TPSA) is 78.9 Å². The lowest BCUT2D eigenvalue weighted by Gasteiger charge is -2.18. The van der Waals surface area contributed by atoms with Gasteiger partial charge in [-0.3, -0.25) is 14.4 Å². The van der Waals surface area contributed by atoms with E-state index < -0.39 is 6.10 Å². The fraction of sp³-hybridized carbons (Fsp3) is 0.953. The molecule has 70 heavy (non-hydrogen) atoms. The van der Waals surface area contributed by atoms with Gasteiger partial charge in [-0.15, -0.1) is 0 Å². The van der Waals surface area contributed by atoms with E-state index in [1.54, 1.807) is 0 Å². The minimum Gasteiger partial charge on any atom is -0.462 e. The second kappa shape index (κ2) is 60.0. The van der Waals surface area contributed by atoms with Gasteiger partial charge in [0.2, 0.25) is 0 Å². The van der Waals surface area contributed by atoms with Crippen LogP contribution in [0.15, 0.2) is 0 Å². The van der Waals surface area contributed by atoms with Gasteiger partial charge in [0.1, 0.15) is 13.2 Å². The minimum atomic E-state index is -0.761. The molecule has 0 aliphatic carbocycles. The Morgan fingerprint density at radius 2 is 0.386 bits per heavy atom. The van der Waals surface area contributed by atoms with E-state index in [1.807, 2.05) is 0 Å². The summed E-state index contributed by atoms with van der Waals surface area (Å²) in [5.74, 6) is -0.830. The Bertz CT molecular complexity index is 1040. The summed E-state index contributed by atoms with van der Waals surface area (Å²) in [7, 11) is 0. The molecule has 0 aliphatic rings. The maximum absolute atomic E-state index is 12.9. The zero-order valence-corrected chi connectivity index (χ0v) is 47.8. The van der Waals surface area contributed by atoms with E-state index in [0.29, 0.717) is 19.3 Å². The summed E-state index contributed by atoms with van der Waals surface area (Å²) in [6, 6.07) is 0. The molecule has 0 radical (unpaired) electrons. The van der Waals surface area contributed by atoms with Gasteiger partial charge in [-0.2, -0.15) is 0 Å². The van der Waals surface area contributed by atoms with Crippen LogP contribution in [0.25, 0.3) is 0 Å². The van der Waals surface area contributed by atoms with Crippen molar-refractivity contribution in [3.63, 3.8) is 0 Å². The Hall–Kier alpha value is -1.59. The predicted octanol–water partition coefficient (Wildman–Crippen LogP) is 21.5. The number of rotatable bonds is 60. The average Bonchev–Trinajstić information content (AvgIpc) is 3.36. The number of ether oxygens (including phenoxy) is 3. The van der Waals surface area contributed by atoms with Crippen molar-refractivity contribution in [2.45, 2.75) is 380 Å². The van der Waals surface area contributed by atoms with Gasteiger partial charge < -0.3 is 14.2 Å². The van der Waals surface area contributed by atoms with Crippen LogP contribution in [0.1, 0.15) is 374 Å². The van der Waals surface area contributed by atoms with E-state index in [0.717, 1.165) is 57.8 Å². The lowest BCUT2D eigenvalue weighted by atomic mass is 10.0. The van der Waals surface area contributed by atoms with Crippen LogP contribution in [0.3, 0.4) is 0 Å². The molecule has 0 aromatic carbocycles. The SMILES string of the molecule is CCCCCCCCCCCCCCCCCCCCCCCCCCCCC(=O)OCC(COC(=O)CCCCCCCCCCCCC)OC(=O)CCCCCCCCCCCCCCCCC. The van der Waals surface area contributed by atoms with Crippen LogP contribution >= 0.6 is 0 Å². The molecule has 1 atom stereocenters. The van der Waals surface area contributed by atoms with Crippen molar-refractivity contribution in [3.05, 3.63) is 0 Å². The van der Waals surface area contributed by atoms with Gasteiger partial charge in [0.15, 0.2) is 6.10 Å². The van der Waals surface area contributed by atoms with Crippen LogP contribution in [0.4, 0.5) is 0 Å². The number of unbranched alkanes of at least 4 members (excludes halogenated alkanes) is 49. The molecule has 0 spiro atoms. The molecular weight excluding hydrogens is 865 g/mol. The zero-order valence-electron chi connectivity index (χ0n) is 47.8. The summed E-state index contributed by atoms with van der Waals surface area (Å²) in [6.07, 6.45) is 68.4. The molecule has 0 bridgehead atoms. The molecule has 416 valence electrons. The Labute approximate surface area is 438 Å². The highest BCUT2D eigenvalue weighted by Crippen LogP contribution is 2.19. The van der Waals surface area contributed by atoms with Crippen LogP contribution in [0.5, 0.6) is 0 Å². The first-order valence-electron chi connectivity index (χ1n) is 32.0. The molecule has 0 amide bonds. The minimum absolute atomic E-state index is 0.0609. The molecule has 0 fully saturated rings. The van der Waals surface area contributed by atoms with Gasteiger partial charge >= 0.3 is 17.9 Å². The first kappa shape index (κ1) is 68.4. The van der Waals surface area contributed by atoms with Crippen LogP contribution in [-0.4, -0.2) is 37.2 Å². The van der Waals surface area contributed by atoms with Crippen LogP contribution in [-0.2, 0) is 28.6 Å². The molecule has 0 saturated heterocycles. The fourth-order valence-corrected chi connectivity index (χ4v) is 10.0. The summed E-state index contributed by atoms with van der Waals surface area (Å²) in [5.41, 5.74) is 0. The lowest BCUT2D eigenvalue weighted by Crippen LogP contribution is -2.30. The highest BCUT2D eigenvalue weighted by molar-refractivity contribution is 5.71. The van der Waals surface area contributed by atoms with Gasteiger partial charge in [-0.25, -0.2) is 0 Å². The molecule has 0 heterocycles. The summed E-state index contributed by atoms with van der Waals surface area (Å²) in [5, 5.41) is 0. The van der Waals surface area contributed by atoms with E-state index in [-0.39, 0.29) is 31.1 Å². The van der Waals surface area contributed by atoms with Gasteiger partial charge in [-0.05, 0) is 19.3 Å². The zero-order chi connectivity index (χ0) is 50.7. The highest BCUT2D eigenvalue weighted by Gasteiger charge is 2.19. The summed E-state index contributed by atoms with van der Waals surface area (Å²) in [6.45, 7) is 6.71. The summed E-state index contributed by atoms with van der Waals surface area (Å²) >= 11 is 0. The highest BCUT2D eigenvalue weighted by atomic mass is 16.6. The van der Waals surface area contributed by atoms with Crippen LogP contribution in [0, 0.1) is 0 Å². The Balaban J connectivity index is 4.12. The van der Waals surface area contributed by atoms with E-state index >= 15 is 0 Å². The first-order chi connectivity index (χ1) is 34.5. The lowest BCUT2D eigenvalue weighted by molar-refractivity contribution is -0.167. The quantitative estimate of drug-likeness (QED) is 0.0343. The largest absolute Gasteiger partial charge is 0.462 e.